The molecule has 0 radical (unpaired) electrons. The van der Waals surface area contributed by atoms with Gasteiger partial charge in [0, 0.05) is 37.2 Å². The van der Waals surface area contributed by atoms with Crippen LogP contribution in [0, 0.1) is 5.41 Å². The Hall–Kier alpha value is -4.10. The van der Waals surface area contributed by atoms with Gasteiger partial charge >= 0.3 is 0 Å². The van der Waals surface area contributed by atoms with E-state index in [-0.39, 0.29) is 5.91 Å². The van der Waals surface area contributed by atoms with Gasteiger partial charge in [-0.25, -0.2) is 4.99 Å². The van der Waals surface area contributed by atoms with Crippen LogP contribution in [0.15, 0.2) is 84.0 Å². The van der Waals surface area contributed by atoms with Crippen LogP contribution in [0.4, 0.5) is 17.1 Å². The number of hydrogen-bond donors (Lipinski definition) is 1. The highest BCUT2D eigenvalue weighted by Gasteiger charge is 2.57. The van der Waals surface area contributed by atoms with Crippen LogP contribution < -0.4 is 20.3 Å². The monoisotopic (exact) mass is 547 g/mol. The lowest BCUT2D eigenvalue weighted by atomic mass is 9.64. The van der Waals surface area contributed by atoms with Gasteiger partial charge < -0.3 is 25.2 Å². The van der Waals surface area contributed by atoms with Crippen LogP contribution in [0.1, 0.15) is 36.0 Å². The number of ether oxygens (including phenoxy) is 1. The third-order valence-electron chi connectivity index (χ3n) is 9.40. The van der Waals surface area contributed by atoms with Gasteiger partial charge in [0.1, 0.15) is 5.75 Å². The van der Waals surface area contributed by atoms with Gasteiger partial charge in [0.25, 0.3) is 0 Å². The molecule has 210 valence electrons. The summed E-state index contributed by atoms with van der Waals surface area (Å²) in [6, 6.07) is 22.5. The van der Waals surface area contributed by atoms with Crippen molar-refractivity contribution in [1.29, 1.82) is 0 Å². The molecule has 3 aromatic carbocycles. The number of carbonyl (C=O) groups is 1. The fourth-order valence-electron chi connectivity index (χ4n) is 7.37. The maximum absolute atomic E-state index is 14.3. The van der Waals surface area contributed by atoms with E-state index in [0.717, 1.165) is 90.7 Å². The lowest BCUT2D eigenvalue weighted by Gasteiger charge is -2.60. The van der Waals surface area contributed by atoms with E-state index in [2.05, 4.69) is 46.0 Å². The summed E-state index contributed by atoms with van der Waals surface area (Å²) in [7, 11) is 3.86. The molecule has 3 aromatic rings. The second-order valence-electron chi connectivity index (χ2n) is 12.3. The largest absolute Gasteiger partial charge is 0.497 e. The van der Waals surface area contributed by atoms with Gasteiger partial charge in [0.05, 0.1) is 41.8 Å². The molecule has 1 saturated carbocycles. The summed E-state index contributed by atoms with van der Waals surface area (Å²) in [5.41, 5.74) is 13.0. The minimum Gasteiger partial charge on any atom is -0.497 e. The Bertz CT molecular complexity index is 1530. The molecule has 3 fully saturated rings. The molecule has 7 rings (SSSR count). The Labute approximate surface area is 241 Å². The zero-order valence-electron chi connectivity index (χ0n) is 23.8. The smallest absolute Gasteiger partial charge is 0.238 e. The molecule has 0 atom stereocenters. The Morgan fingerprint density at radius 3 is 2.37 bits per heavy atom. The second-order valence-corrected chi connectivity index (χ2v) is 12.3. The Kier molecular flexibility index (Phi) is 6.16. The maximum atomic E-state index is 14.3. The lowest BCUT2D eigenvalue weighted by Crippen LogP contribution is -2.71. The van der Waals surface area contributed by atoms with Gasteiger partial charge in [-0.05, 0) is 79.7 Å². The Morgan fingerprint density at radius 2 is 1.76 bits per heavy atom. The molecule has 3 heterocycles. The van der Waals surface area contributed by atoms with Crippen molar-refractivity contribution in [2.75, 3.05) is 50.1 Å². The normalized spacial score (nSPS) is 20.7. The molecule has 41 heavy (non-hydrogen) atoms. The van der Waals surface area contributed by atoms with Crippen molar-refractivity contribution in [3.05, 3.63) is 95.7 Å². The lowest BCUT2D eigenvalue weighted by molar-refractivity contribution is -0.126. The first-order chi connectivity index (χ1) is 19.9. The Morgan fingerprint density at radius 1 is 1.02 bits per heavy atom. The average Bonchev–Trinajstić information content (AvgIpc) is 3.18. The number of amides is 1. The SMILES string of the molecule is COc1ccc(CN2C(=O)C3(CCC3)c3cc(C(C=CN)=Nc4ccccc4)cc(N4CC5(CN(C)C5)C4)c32)cc1. The minimum atomic E-state index is -0.462. The average molecular weight is 548 g/mol. The van der Waals surface area contributed by atoms with Crippen molar-refractivity contribution in [1.82, 2.24) is 4.90 Å². The van der Waals surface area contributed by atoms with Gasteiger partial charge in [-0.1, -0.05) is 36.8 Å². The number of fused-ring (bicyclic) bond motifs is 2. The Balaban J connectivity index is 1.35. The summed E-state index contributed by atoms with van der Waals surface area (Å²) in [6.45, 7) is 4.80. The zero-order valence-corrected chi connectivity index (χ0v) is 23.8. The van der Waals surface area contributed by atoms with E-state index in [9.17, 15) is 4.79 Å². The number of aliphatic imine (C=N–C) groups is 1. The van der Waals surface area contributed by atoms with E-state index in [0.29, 0.717) is 12.0 Å². The number of nitrogens with two attached hydrogens (primary N) is 1. The number of rotatable bonds is 7. The van der Waals surface area contributed by atoms with E-state index < -0.39 is 5.41 Å². The van der Waals surface area contributed by atoms with Crippen LogP contribution >= 0.6 is 0 Å². The fraction of sp³-hybridized carbons (Fsp3) is 0.353. The van der Waals surface area contributed by atoms with Crippen LogP contribution in [-0.2, 0) is 16.8 Å². The molecule has 0 bridgehead atoms. The topological polar surface area (TPSA) is 74.4 Å². The first-order valence-corrected chi connectivity index (χ1v) is 14.5. The number of benzene rings is 3. The van der Waals surface area contributed by atoms with E-state index in [1.807, 2.05) is 48.5 Å². The van der Waals surface area contributed by atoms with Crippen molar-refractivity contribution in [3.63, 3.8) is 0 Å². The van der Waals surface area contributed by atoms with Crippen molar-refractivity contribution in [3.8, 4) is 5.75 Å². The number of nitrogens with zero attached hydrogens (tertiary/aromatic N) is 4. The van der Waals surface area contributed by atoms with Gasteiger partial charge in [0.2, 0.25) is 5.91 Å². The van der Waals surface area contributed by atoms with E-state index in [1.54, 1.807) is 13.3 Å². The molecule has 7 nitrogen and oxygen atoms in total. The molecule has 4 aliphatic rings. The van der Waals surface area contributed by atoms with E-state index in [4.69, 9.17) is 15.5 Å². The van der Waals surface area contributed by atoms with Crippen LogP contribution in [0.5, 0.6) is 5.75 Å². The van der Waals surface area contributed by atoms with Gasteiger partial charge in [-0.2, -0.15) is 0 Å². The summed E-state index contributed by atoms with van der Waals surface area (Å²) in [4.78, 5) is 26.2. The van der Waals surface area contributed by atoms with Gasteiger partial charge in [-0.3, -0.25) is 4.79 Å². The van der Waals surface area contributed by atoms with Crippen molar-refractivity contribution in [2.24, 2.45) is 16.1 Å². The third-order valence-corrected chi connectivity index (χ3v) is 9.40. The molecule has 7 heteroatoms. The van der Waals surface area contributed by atoms with E-state index >= 15 is 0 Å². The molecule has 0 unspecified atom stereocenters. The number of allylic oxidation sites excluding steroid dienone is 1. The summed E-state index contributed by atoms with van der Waals surface area (Å²) in [6.07, 6.45) is 6.25. The predicted octanol–water partition coefficient (Wildman–Crippen LogP) is 5.01. The van der Waals surface area contributed by atoms with Crippen molar-refractivity contribution in [2.45, 2.75) is 31.2 Å². The quantitative estimate of drug-likeness (QED) is 0.421. The summed E-state index contributed by atoms with van der Waals surface area (Å²) < 4.78 is 5.37. The third kappa shape index (κ3) is 4.22. The molecule has 0 aromatic heterocycles. The molecule has 3 aliphatic heterocycles. The van der Waals surface area contributed by atoms with Crippen LogP contribution in [0.25, 0.3) is 0 Å². The van der Waals surface area contributed by atoms with Crippen LogP contribution in [0.2, 0.25) is 0 Å². The number of methoxy groups -OCH3 is 1. The molecular formula is C34H37N5O2. The van der Waals surface area contributed by atoms with Crippen molar-refractivity contribution < 1.29 is 9.53 Å². The fourth-order valence-corrected chi connectivity index (χ4v) is 7.37. The minimum absolute atomic E-state index is 0.225. The molecule has 1 amide bonds. The van der Waals surface area contributed by atoms with E-state index in [1.165, 1.54) is 0 Å². The standard InChI is InChI=1S/C34H37N5O2/c1-37-20-33(21-37)22-38(23-33)30-18-25(29(13-16-35)36-26-7-4-3-5-8-26)17-28-31(30)39(32(40)34(28)14-6-15-34)19-24-9-11-27(41-2)12-10-24/h3-5,7-13,16-18H,6,14-15,19-23,35H2,1-2H3. The maximum Gasteiger partial charge on any atom is 0.238 e. The number of anilines is 2. The summed E-state index contributed by atoms with van der Waals surface area (Å²) in [5, 5.41) is 0. The molecule has 1 aliphatic carbocycles. The second kappa shape index (κ2) is 9.77. The highest BCUT2D eigenvalue weighted by molar-refractivity contribution is 6.16. The number of para-hydroxylation sites is 1. The first kappa shape index (κ1) is 25.8. The summed E-state index contributed by atoms with van der Waals surface area (Å²) >= 11 is 0. The van der Waals surface area contributed by atoms with Gasteiger partial charge in [0.15, 0.2) is 0 Å². The van der Waals surface area contributed by atoms with Crippen molar-refractivity contribution >= 4 is 28.7 Å². The number of likely N-dealkylation sites (tertiary alicyclic amines) is 1. The number of carbonyl (C=O) groups excluding carboxylic acids is 1. The summed E-state index contributed by atoms with van der Waals surface area (Å²) in [5.74, 6) is 1.04. The van der Waals surface area contributed by atoms with Crippen LogP contribution in [-0.4, -0.2) is 56.9 Å². The highest BCUT2D eigenvalue weighted by Crippen LogP contribution is 2.58. The predicted molar refractivity (Wildman–Crippen MR) is 164 cm³/mol. The molecule has 2 saturated heterocycles. The van der Waals surface area contributed by atoms with Crippen LogP contribution in [0.3, 0.4) is 0 Å². The molecule has 2 N–H and O–H groups in total. The van der Waals surface area contributed by atoms with Gasteiger partial charge in [-0.15, -0.1) is 0 Å². The first-order valence-electron chi connectivity index (χ1n) is 14.5. The molecule has 2 spiro atoms. The molecular weight excluding hydrogens is 510 g/mol. The zero-order chi connectivity index (χ0) is 28.2. The highest BCUT2D eigenvalue weighted by atomic mass is 16.5. The number of hydrogen-bond acceptors (Lipinski definition) is 6.